The van der Waals surface area contributed by atoms with Gasteiger partial charge in [-0.1, -0.05) is 67.2 Å². The van der Waals surface area contributed by atoms with Crippen molar-refractivity contribution in [1.29, 1.82) is 0 Å². The van der Waals surface area contributed by atoms with Crippen LogP contribution >= 0.6 is 0 Å². The van der Waals surface area contributed by atoms with E-state index in [1.54, 1.807) is 0 Å². The lowest BCUT2D eigenvalue weighted by Gasteiger charge is -2.42. The monoisotopic (exact) mass is 316 g/mol. The molecule has 0 rings (SSSR count). The molecule has 0 fully saturated rings. The van der Waals surface area contributed by atoms with Gasteiger partial charge in [0.15, 0.2) is 0 Å². The van der Waals surface area contributed by atoms with Crippen LogP contribution in [-0.4, -0.2) is 21.8 Å². The Morgan fingerprint density at radius 1 is 0.619 bits per heavy atom. The summed E-state index contributed by atoms with van der Waals surface area (Å²) in [5, 5.41) is 0. The molecule has 21 heavy (non-hydrogen) atoms. The second-order valence-electron chi connectivity index (χ2n) is 7.17. The summed E-state index contributed by atoms with van der Waals surface area (Å²) in [4.78, 5) is 0. The van der Waals surface area contributed by atoms with Gasteiger partial charge in [0, 0.05) is 13.2 Å². The fourth-order valence-electron chi connectivity index (χ4n) is 3.13. The topological polar surface area (TPSA) is 18.5 Å². The molecular formula is C18H40O2Si. The van der Waals surface area contributed by atoms with Gasteiger partial charge in [0.05, 0.1) is 0 Å². The second kappa shape index (κ2) is 9.31. The van der Waals surface area contributed by atoms with E-state index in [2.05, 4.69) is 55.4 Å². The maximum absolute atomic E-state index is 6.39. The molecule has 0 aromatic heterocycles. The number of hydrogen-bond acceptors (Lipinski definition) is 2. The Hall–Kier alpha value is 0.137. The summed E-state index contributed by atoms with van der Waals surface area (Å²) in [5.41, 5.74) is 0.692. The average molecular weight is 317 g/mol. The predicted molar refractivity (Wildman–Crippen MR) is 96.0 cm³/mol. The molecule has 2 nitrogen and oxygen atoms in total. The lowest BCUT2D eigenvalue weighted by atomic mass is 9.87. The highest BCUT2D eigenvalue weighted by Crippen LogP contribution is 2.44. The molecule has 0 aromatic rings. The minimum absolute atomic E-state index is 0.346. The molecule has 3 heteroatoms. The lowest BCUT2D eigenvalue weighted by molar-refractivity contribution is 0.145. The molecular weight excluding hydrogens is 276 g/mol. The van der Waals surface area contributed by atoms with E-state index in [0.717, 1.165) is 25.3 Å². The molecule has 0 aliphatic rings. The predicted octanol–water partition coefficient (Wildman–Crippen LogP) is 6.15. The molecule has 0 unspecified atom stereocenters. The van der Waals surface area contributed by atoms with E-state index in [-0.39, 0.29) is 0 Å². The molecule has 0 bridgehead atoms. The summed E-state index contributed by atoms with van der Waals surface area (Å²) in [6.07, 6.45) is 4.81. The number of rotatable bonds is 12. The van der Waals surface area contributed by atoms with E-state index >= 15 is 0 Å². The van der Waals surface area contributed by atoms with Crippen molar-refractivity contribution >= 4 is 8.56 Å². The highest BCUT2D eigenvalue weighted by molar-refractivity contribution is 6.67. The van der Waals surface area contributed by atoms with Gasteiger partial charge < -0.3 is 8.85 Å². The van der Waals surface area contributed by atoms with Gasteiger partial charge in [0.1, 0.15) is 0 Å². The van der Waals surface area contributed by atoms with Crippen molar-refractivity contribution in [3.63, 3.8) is 0 Å². The van der Waals surface area contributed by atoms with Gasteiger partial charge in [-0.3, -0.25) is 0 Å². The van der Waals surface area contributed by atoms with Crippen molar-refractivity contribution in [2.75, 3.05) is 13.2 Å². The van der Waals surface area contributed by atoms with Crippen LogP contribution in [0.2, 0.25) is 12.1 Å². The molecule has 0 amide bonds. The SMILES string of the molecule is CCO[Si](CC(C)(CC)CC)(CC(C)(CC)CC)OCC. The summed E-state index contributed by atoms with van der Waals surface area (Å²) in [5.74, 6) is 0. The molecule has 0 saturated carbocycles. The lowest BCUT2D eigenvalue weighted by Crippen LogP contribution is -2.49. The van der Waals surface area contributed by atoms with E-state index in [9.17, 15) is 0 Å². The summed E-state index contributed by atoms with van der Waals surface area (Å²) >= 11 is 0. The van der Waals surface area contributed by atoms with Gasteiger partial charge in [-0.2, -0.15) is 0 Å². The Morgan fingerprint density at radius 3 is 1.10 bits per heavy atom. The zero-order chi connectivity index (χ0) is 16.6. The van der Waals surface area contributed by atoms with Crippen LogP contribution < -0.4 is 0 Å². The third-order valence-electron chi connectivity index (χ3n) is 5.62. The fraction of sp³-hybridized carbons (Fsp3) is 1.00. The quantitative estimate of drug-likeness (QED) is 0.402. The fourth-order valence-corrected chi connectivity index (χ4v) is 8.40. The normalized spacial score (nSPS) is 13.7. The van der Waals surface area contributed by atoms with Crippen molar-refractivity contribution in [1.82, 2.24) is 0 Å². The van der Waals surface area contributed by atoms with Crippen LogP contribution in [-0.2, 0) is 8.85 Å². The van der Waals surface area contributed by atoms with E-state index in [0.29, 0.717) is 10.8 Å². The first kappa shape index (κ1) is 21.1. The summed E-state index contributed by atoms with van der Waals surface area (Å²) < 4.78 is 12.8. The molecule has 0 aliphatic carbocycles. The standard InChI is InChI=1S/C18H40O2Si/c1-9-17(7,10-2)15-21(19-13-5,20-14-6)16-18(8,11-3)12-4/h9-16H2,1-8H3. The van der Waals surface area contributed by atoms with Crippen molar-refractivity contribution in [3.8, 4) is 0 Å². The van der Waals surface area contributed by atoms with Gasteiger partial charge in [-0.05, 0) is 36.8 Å². The minimum Gasteiger partial charge on any atom is -0.394 e. The third kappa shape index (κ3) is 6.41. The number of hydrogen-bond donors (Lipinski definition) is 0. The first-order valence-corrected chi connectivity index (χ1v) is 11.3. The molecule has 0 N–H and O–H groups in total. The Balaban J connectivity index is 5.42. The smallest absolute Gasteiger partial charge is 0.339 e. The van der Waals surface area contributed by atoms with Crippen LogP contribution in [0.25, 0.3) is 0 Å². The summed E-state index contributed by atoms with van der Waals surface area (Å²) in [7, 11) is -2.15. The largest absolute Gasteiger partial charge is 0.394 e. The Labute approximate surface area is 135 Å². The summed E-state index contributed by atoms with van der Waals surface area (Å²) in [6.45, 7) is 19.8. The highest BCUT2D eigenvalue weighted by Gasteiger charge is 2.46. The first-order chi connectivity index (χ1) is 9.78. The van der Waals surface area contributed by atoms with Crippen molar-refractivity contribution < 1.29 is 8.85 Å². The maximum atomic E-state index is 6.39. The molecule has 0 saturated heterocycles. The van der Waals surface area contributed by atoms with Crippen molar-refractivity contribution in [2.24, 2.45) is 10.8 Å². The van der Waals surface area contributed by atoms with E-state index < -0.39 is 8.56 Å². The molecule has 0 heterocycles. The Bertz CT molecular complexity index is 242. The van der Waals surface area contributed by atoms with Crippen molar-refractivity contribution in [2.45, 2.75) is 93.2 Å². The second-order valence-corrected chi connectivity index (χ2v) is 10.3. The molecule has 0 radical (unpaired) electrons. The Morgan fingerprint density at radius 2 is 0.905 bits per heavy atom. The van der Waals surface area contributed by atoms with Gasteiger partial charge in [0.25, 0.3) is 0 Å². The van der Waals surface area contributed by atoms with E-state index in [1.807, 2.05) is 0 Å². The van der Waals surface area contributed by atoms with Crippen molar-refractivity contribution in [3.05, 3.63) is 0 Å². The maximum Gasteiger partial charge on any atom is 0.339 e. The average Bonchev–Trinajstić information content (AvgIpc) is 2.47. The molecule has 128 valence electrons. The summed E-state index contributed by atoms with van der Waals surface area (Å²) in [6, 6.07) is 2.26. The van der Waals surface area contributed by atoms with Gasteiger partial charge >= 0.3 is 8.56 Å². The van der Waals surface area contributed by atoms with Crippen LogP contribution in [0.1, 0.15) is 81.1 Å². The highest BCUT2D eigenvalue weighted by atomic mass is 28.4. The minimum atomic E-state index is -2.15. The first-order valence-electron chi connectivity index (χ1n) is 9.06. The Kier molecular flexibility index (Phi) is 9.38. The van der Waals surface area contributed by atoms with Crippen LogP contribution in [0, 0.1) is 10.8 Å². The van der Waals surface area contributed by atoms with Crippen LogP contribution in [0.4, 0.5) is 0 Å². The van der Waals surface area contributed by atoms with Gasteiger partial charge in [0.2, 0.25) is 0 Å². The molecule has 0 spiro atoms. The van der Waals surface area contributed by atoms with E-state index in [1.165, 1.54) is 25.7 Å². The van der Waals surface area contributed by atoms with E-state index in [4.69, 9.17) is 8.85 Å². The third-order valence-corrected chi connectivity index (χ3v) is 10.0. The van der Waals surface area contributed by atoms with Crippen LogP contribution in [0.15, 0.2) is 0 Å². The molecule has 0 aromatic carbocycles. The van der Waals surface area contributed by atoms with Crippen LogP contribution in [0.3, 0.4) is 0 Å². The van der Waals surface area contributed by atoms with Gasteiger partial charge in [-0.25, -0.2) is 0 Å². The van der Waals surface area contributed by atoms with Gasteiger partial charge in [-0.15, -0.1) is 0 Å². The zero-order valence-corrected chi connectivity index (χ0v) is 17.0. The molecule has 0 atom stereocenters. The van der Waals surface area contributed by atoms with Crippen LogP contribution in [0.5, 0.6) is 0 Å². The zero-order valence-electron chi connectivity index (χ0n) is 16.0. The molecule has 0 aliphatic heterocycles.